The number of alkyl halides is 1. The maximum atomic E-state index is 13.4. The van der Waals surface area contributed by atoms with Crippen LogP contribution in [0.1, 0.15) is 30.6 Å². The Kier molecular flexibility index (Phi) is 5.72. The van der Waals surface area contributed by atoms with Gasteiger partial charge >= 0.3 is 0 Å². The van der Waals surface area contributed by atoms with Crippen LogP contribution >= 0.6 is 15.9 Å². The average molecular weight is 320 g/mol. The highest BCUT2D eigenvalue weighted by molar-refractivity contribution is 9.09. The zero-order valence-corrected chi connectivity index (χ0v) is 11.9. The number of carbonyl (C=O) groups excluding carboxylic acids is 1. The molecule has 5 heteroatoms. The lowest BCUT2D eigenvalue weighted by Gasteiger charge is -2.18. The molecule has 0 aromatic heterocycles. The number of rotatable bonds is 5. The summed E-state index contributed by atoms with van der Waals surface area (Å²) in [5.41, 5.74) is -0.521. The Morgan fingerprint density at radius 1 is 1.33 bits per heavy atom. The van der Waals surface area contributed by atoms with E-state index in [1.54, 1.807) is 0 Å². The molecule has 1 amide bonds. The van der Waals surface area contributed by atoms with Gasteiger partial charge in [-0.15, -0.1) is 0 Å². The van der Waals surface area contributed by atoms with Crippen molar-refractivity contribution in [2.24, 2.45) is 5.92 Å². The molecular weight excluding hydrogens is 304 g/mol. The summed E-state index contributed by atoms with van der Waals surface area (Å²) in [5, 5.41) is 3.18. The van der Waals surface area contributed by atoms with Crippen LogP contribution in [0, 0.1) is 17.6 Å². The van der Waals surface area contributed by atoms with E-state index in [2.05, 4.69) is 21.2 Å². The fourth-order valence-corrected chi connectivity index (χ4v) is 2.13. The molecule has 0 aliphatic rings. The van der Waals surface area contributed by atoms with Crippen molar-refractivity contribution in [3.8, 4) is 0 Å². The third kappa shape index (κ3) is 4.05. The van der Waals surface area contributed by atoms with Gasteiger partial charge in [0.15, 0.2) is 0 Å². The molecular formula is C13H16BrF2NO. The third-order valence-corrected chi connectivity index (χ3v) is 3.25. The Morgan fingerprint density at radius 2 is 1.89 bits per heavy atom. The van der Waals surface area contributed by atoms with Gasteiger partial charge < -0.3 is 5.32 Å². The smallest absolute Gasteiger partial charge is 0.257 e. The Balaban J connectivity index is 2.81. The molecule has 2 nitrogen and oxygen atoms in total. The first-order valence-electron chi connectivity index (χ1n) is 5.76. The second-order valence-electron chi connectivity index (χ2n) is 4.55. The zero-order chi connectivity index (χ0) is 13.7. The molecule has 1 aromatic carbocycles. The van der Waals surface area contributed by atoms with E-state index in [0.717, 1.165) is 18.6 Å². The summed E-state index contributed by atoms with van der Waals surface area (Å²) in [5.74, 6) is -2.01. The van der Waals surface area contributed by atoms with Gasteiger partial charge in [0.25, 0.3) is 5.91 Å². The van der Waals surface area contributed by atoms with Crippen molar-refractivity contribution in [3.05, 3.63) is 35.4 Å². The minimum absolute atomic E-state index is 0.142. The number of hydrogen-bond donors (Lipinski definition) is 1. The number of halogens is 3. The fraction of sp³-hybridized carbons (Fsp3) is 0.462. The molecule has 0 heterocycles. The lowest BCUT2D eigenvalue weighted by molar-refractivity contribution is 0.0928. The minimum Gasteiger partial charge on any atom is -0.348 e. The van der Waals surface area contributed by atoms with E-state index in [0.29, 0.717) is 11.2 Å². The molecule has 0 saturated heterocycles. The number of hydrogen-bond acceptors (Lipinski definition) is 1. The zero-order valence-electron chi connectivity index (χ0n) is 10.3. The summed E-state index contributed by atoms with van der Waals surface area (Å²) in [6, 6.07) is 3.24. The summed E-state index contributed by atoms with van der Waals surface area (Å²) in [7, 11) is 0. The molecule has 1 rings (SSSR count). The quantitative estimate of drug-likeness (QED) is 0.827. The van der Waals surface area contributed by atoms with Crippen molar-refractivity contribution in [2.75, 3.05) is 5.33 Å². The van der Waals surface area contributed by atoms with Crippen LogP contribution < -0.4 is 5.32 Å². The molecule has 100 valence electrons. The first kappa shape index (κ1) is 15.1. The van der Waals surface area contributed by atoms with Crippen molar-refractivity contribution >= 4 is 21.8 Å². The van der Waals surface area contributed by atoms with E-state index in [-0.39, 0.29) is 6.04 Å². The average Bonchev–Trinajstić information content (AvgIpc) is 2.27. The van der Waals surface area contributed by atoms with E-state index < -0.39 is 23.1 Å². The van der Waals surface area contributed by atoms with Gasteiger partial charge in [-0.2, -0.15) is 0 Å². The summed E-state index contributed by atoms with van der Waals surface area (Å²) >= 11 is 3.28. The summed E-state index contributed by atoms with van der Waals surface area (Å²) in [6.07, 6.45) is 0.743. The second-order valence-corrected chi connectivity index (χ2v) is 5.20. The van der Waals surface area contributed by atoms with E-state index in [1.165, 1.54) is 6.07 Å². The molecule has 1 atom stereocenters. The lowest BCUT2D eigenvalue weighted by Crippen LogP contribution is -2.37. The molecule has 1 aromatic rings. The van der Waals surface area contributed by atoms with Gasteiger partial charge in [-0.25, -0.2) is 8.78 Å². The number of nitrogens with one attached hydrogen (secondary N) is 1. The van der Waals surface area contributed by atoms with Crippen LogP contribution in [0.15, 0.2) is 18.2 Å². The number of benzene rings is 1. The molecule has 0 fully saturated rings. The predicted molar refractivity (Wildman–Crippen MR) is 70.9 cm³/mol. The lowest BCUT2D eigenvalue weighted by atomic mass is 10.0. The maximum absolute atomic E-state index is 13.4. The third-order valence-electron chi connectivity index (χ3n) is 2.47. The first-order valence-corrected chi connectivity index (χ1v) is 6.88. The Hall–Kier alpha value is -0.970. The monoisotopic (exact) mass is 319 g/mol. The van der Waals surface area contributed by atoms with Gasteiger partial charge in [0.1, 0.15) is 17.2 Å². The number of amides is 1. The Morgan fingerprint density at radius 3 is 2.33 bits per heavy atom. The molecule has 1 unspecified atom stereocenters. The molecule has 0 saturated carbocycles. The highest BCUT2D eigenvalue weighted by atomic mass is 79.9. The standard InChI is InChI=1S/C13H16BrF2NO/c1-8(2)6-9(7-14)17-13(18)12-10(15)4-3-5-11(12)16/h3-5,8-9H,6-7H2,1-2H3,(H,17,18). The van der Waals surface area contributed by atoms with Crippen molar-refractivity contribution in [1.29, 1.82) is 0 Å². The Bertz CT molecular complexity index is 403. The van der Waals surface area contributed by atoms with Crippen LogP contribution in [0.3, 0.4) is 0 Å². The highest BCUT2D eigenvalue weighted by Gasteiger charge is 2.20. The minimum atomic E-state index is -0.842. The van der Waals surface area contributed by atoms with Crippen molar-refractivity contribution in [1.82, 2.24) is 5.32 Å². The normalized spacial score (nSPS) is 12.6. The molecule has 0 radical (unpaired) electrons. The van der Waals surface area contributed by atoms with Gasteiger partial charge in [0.05, 0.1) is 0 Å². The van der Waals surface area contributed by atoms with Gasteiger partial charge in [0, 0.05) is 11.4 Å². The topological polar surface area (TPSA) is 29.1 Å². The van der Waals surface area contributed by atoms with Gasteiger partial charge in [-0.05, 0) is 24.5 Å². The largest absolute Gasteiger partial charge is 0.348 e. The summed E-state index contributed by atoms with van der Waals surface area (Å²) < 4.78 is 26.8. The van der Waals surface area contributed by atoms with E-state index in [4.69, 9.17) is 0 Å². The van der Waals surface area contributed by atoms with Crippen LogP contribution in [-0.4, -0.2) is 17.3 Å². The summed E-state index contributed by atoms with van der Waals surface area (Å²) in [6.45, 7) is 4.04. The first-order chi connectivity index (χ1) is 8.45. The van der Waals surface area contributed by atoms with Crippen LogP contribution in [0.5, 0.6) is 0 Å². The Labute approximate surface area is 114 Å². The van der Waals surface area contributed by atoms with E-state index in [9.17, 15) is 13.6 Å². The fourth-order valence-electron chi connectivity index (χ4n) is 1.70. The molecule has 18 heavy (non-hydrogen) atoms. The van der Waals surface area contributed by atoms with Crippen molar-refractivity contribution in [2.45, 2.75) is 26.3 Å². The van der Waals surface area contributed by atoms with Crippen molar-refractivity contribution < 1.29 is 13.6 Å². The van der Waals surface area contributed by atoms with Crippen LogP contribution in [-0.2, 0) is 0 Å². The summed E-state index contributed by atoms with van der Waals surface area (Å²) in [4.78, 5) is 11.8. The van der Waals surface area contributed by atoms with E-state index in [1.807, 2.05) is 13.8 Å². The van der Waals surface area contributed by atoms with Crippen LogP contribution in [0.25, 0.3) is 0 Å². The molecule has 1 N–H and O–H groups in total. The highest BCUT2D eigenvalue weighted by Crippen LogP contribution is 2.13. The van der Waals surface area contributed by atoms with Gasteiger partial charge in [0.2, 0.25) is 0 Å². The molecule has 0 aliphatic carbocycles. The molecule has 0 bridgehead atoms. The van der Waals surface area contributed by atoms with Crippen LogP contribution in [0.4, 0.5) is 8.78 Å². The predicted octanol–water partition coefficient (Wildman–Crippen LogP) is 3.50. The van der Waals surface area contributed by atoms with E-state index >= 15 is 0 Å². The van der Waals surface area contributed by atoms with Crippen molar-refractivity contribution in [3.63, 3.8) is 0 Å². The number of carbonyl (C=O) groups is 1. The van der Waals surface area contributed by atoms with Gasteiger partial charge in [-0.1, -0.05) is 35.8 Å². The molecule has 0 spiro atoms. The van der Waals surface area contributed by atoms with Gasteiger partial charge in [-0.3, -0.25) is 4.79 Å². The molecule has 0 aliphatic heterocycles. The van der Waals surface area contributed by atoms with Crippen LogP contribution in [0.2, 0.25) is 0 Å². The second kappa shape index (κ2) is 6.83. The maximum Gasteiger partial charge on any atom is 0.257 e. The SMILES string of the molecule is CC(C)CC(CBr)NC(=O)c1c(F)cccc1F.